The molecule has 0 bridgehead atoms. The maximum absolute atomic E-state index is 13.3. The van der Waals surface area contributed by atoms with Gasteiger partial charge in [0.2, 0.25) is 10.0 Å². The topological polar surface area (TPSA) is 81.8 Å². The lowest BCUT2D eigenvalue weighted by Crippen LogP contribution is -2.51. The number of allylic oxidation sites excluding steroid dienone is 5. The summed E-state index contributed by atoms with van der Waals surface area (Å²) in [4.78, 5) is 18.1. The van der Waals surface area contributed by atoms with Gasteiger partial charge in [-0.15, -0.1) is 0 Å². The van der Waals surface area contributed by atoms with Gasteiger partial charge in [-0.1, -0.05) is 91.9 Å². The van der Waals surface area contributed by atoms with Gasteiger partial charge in [0.05, 0.1) is 4.91 Å². The van der Waals surface area contributed by atoms with E-state index in [-0.39, 0.29) is 18.1 Å². The van der Waals surface area contributed by atoms with Crippen LogP contribution in [0.2, 0.25) is 0 Å². The van der Waals surface area contributed by atoms with Crippen LogP contribution in [0.4, 0.5) is 4.79 Å². The Morgan fingerprint density at radius 2 is 1.70 bits per heavy atom. The third kappa shape index (κ3) is 8.46. The van der Waals surface area contributed by atoms with E-state index in [1.165, 1.54) is 5.56 Å². The summed E-state index contributed by atoms with van der Waals surface area (Å²) in [7, 11) is -3.58. The number of carbonyl (C=O) groups is 1. The van der Waals surface area contributed by atoms with Crippen molar-refractivity contribution >= 4 is 16.1 Å². The van der Waals surface area contributed by atoms with Crippen molar-refractivity contribution < 1.29 is 13.2 Å². The first-order valence-corrected chi connectivity index (χ1v) is 17.3. The highest BCUT2D eigenvalue weighted by atomic mass is 32.2. The minimum atomic E-state index is -3.58. The highest BCUT2D eigenvalue weighted by Crippen LogP contribution is 2.41. The van der Waals surface area contributed by atoms with Crippen molar-refractivity contribution in [2.45, 2.75) is 70.0 Å². The number of sulfonamides is 1. The summed E-state index contributed by atoms with van der Waals surface area (Å²) in [6.45, 7) is 6.24. The summed E-state index contributed by atoms with van der Waals surface area (Å²) in [5, 5.41) is 3.13. The molecule has 2 aromatic rings. The van der Waals surface area contributed by atoms with Crippen LogP contribution in [0.15, 0.2) is 95.9 Å². The molecule has 230 valence electrons. The van der Waals surface area contributed by atoms with Gasteiger partial charge in [0.25, 0.3) is 0 Å². The summed E-state index contributed by atoms with van der Waals surface area (Å²) >= 11 is 0. The number of urea groups is 1. The molecule has 2 fully saturated rings. The Morgan fingerprint density at radius 1 is 0.977 bits per heavy atom. The summed E-state index contributed by atoms with van der Waals surface area (Å²) < 4.78 is 29.6. The molecule has 1 aliphatic heterocycles. The first-order valence-electron chi connectivity index (χ1n) is 15.8. The minimum Gasteiger partial charge on any atom is -0.334 e. The molecule has 0 radical (unpaired) electrons. The standard InChI is InChI=1S/C35H46N4O3S/c1-2-21-39(35(40)36-26-28-13-7-5-8-14-28)32-19-22-38(23-20-32)27-30-24-31(25-34(30)29-15-9-6-10-16-29)37-43(41,42)33-17-11-3-4-12-18-33/h3-11,13-18,30-32,34,37H,2,12,19-27H2,1H3,(H,36,40)/t30-,31?,34-/m1/s1. The predicted molar refractivity (Wildman–Crippen MR) is 174 cm³/mol. The highest BCUT2D eigenvalue weighted by Gasteiger charge is 2.39. The van der Waals surface area contributed by atoms with Gasteiger partial charge in [-0.2, -0.15) is 0 Å². The quantitative estimate of drug-likeness (QED) is 0.333. The fourth-order valence-corrected chi connectivity index (χ4v) is 8.23. The zero-order valence-corrected chi connectivity index (χ0v) is 26.1. The number of hydrogen-bond acceptors (Lipinski definition) is 4. The van der Waals surface area contributed by atoms with Crippen molar-refractivity contribution in [1.29, 1.82) is 0 Å². The number of rotatable bonds is 11. The Balaban J connectivity index is 1.19. The second kappa shape index (κ2) is 15.0. The maximum atomic E-state index is 13.3. The molecule has 1 unspecified atom stereocenters. The number of hydrogen-bond donors (Lipinski definition) is 2. The number of nitrogens with zero attached hydrogens (tertiary/aromatic N) is 2. The van der Waals surface area contributed by atoms with Gasteiger partial charge in [0.1, 0.15) is 0 Å². The number of carbonyl (C=O) groups excluding carboxylic acids is 1. The molecule has 1 saturated heterocycles. The van der Waals surface area contributed by atoms with Crippen LogP contribution in [0.3, 0.4) is 0 Å². The lowest BCUT2D eigenvalue weighted by Gasteiger charge is -2.39. The first-order chi connectivity index (χ1) is 20.9. The van der Waals surface area contributed by atoms with Gasteiger partial charge in [0, 0.05) is 44.8 Å². The molecule has 2 N–H and O–H groups in total. The van der Waals surface area contributed by atoms with Crippen LogP contribution in [0.1, 0.15) is 62.5 Å². The molecular weight excluding hydrogens is 556 g/mol. The second-order valence-corrected chi connectivity index (χ2v) is 13.8. The van der Waals surface area contributed by atoms with E-state index in [1.807, 2.05) is 53.5 Å². The van der Waals surface area contributed by atoms with Crippen molar-refractivity contribution in [2.75, 3.05) is 26.2 Å². The van der Waals surface area contributed by atoms with Crippen molar-refractivity contribution in [1.82, 2.24) is 19.8 Å². The fourth-order valence-electron chi connectivity index (χ4n) is 6.89. The molecule has 2 aliphatic carbocycles. The number of benzene rings is 2. The van der Waals surface area contributed by atoms with Gasteiger partial charge < -0.3 is 15.1 Å². The van der Waals surface area contributed by atoms with Crippen molar-refractivity contribution in [3.63, 3.8) is 0 Å². The first kappa shape index (κ1) is 31.2. The molecule has 3 atom stereocenters. The predicted octanol–water partition coefficient (Wildman–Crippen LogP) is 5.95. The molecule has 3 aliphatic rings. The Kier molecular flexibility index (Phi) is 10.9. The Labute approximate surface area is 257 Å². The largest absolute Gasteiger partial charge is 0.334 e. The normalized spacial score (nSPS) is 23.1. The Morgan fingerprint density at radius 3 is 2.42 bits per heavy atom. The summed E-state index contributed by atoms with van der Waals surface area (Å²) in [5.74, 6) is 0.653. The molecule has 43 heavy (non-hydrogen) atoms. The molecule has 1 saturated carbocycles. The molecule has 0 spiro atoms. The highest BCUT2D eigenvalue weighted by molar-refractivity contribution is 7.93. The van der Waals surface area contributed by atoms with E-state index in [0.29, 0.717) is 29.7 Å². The molecule has 5 rings (SSSR count). The van der Waals surface area contributed by atoms with Crippen LogP contribution in [0.5, 0.6) is 0 Å². The van der Waals surface area contributed by atoms with Crippen LogP contribution in [-0.2, 0) is 16.6 Å². The SMILES string of the molecule is CCCN(C(=O)NCc1ccccc1)C1CCN(C[C@H]2CC(NS(=O)(=O)C3=CCC=CC=C3)C[C@@H]2c2ccccc2)CC1. The van der Waals surface area contributed by atoms with Crippen molar-refractivity contribution in [3.05, 3.63) is 107 Å². The van der Waals surface area contributed by atoms with Crippen LogP contribution in [0.25, 0.3) is 0 Å². The number of amides is 2. The molecule has 7 nitrogen and oxygen atoms in total. The van der Waals surface area contributed by atoms with E-state index in [0.717, 1.165) is 63.8 Å². The molecular formula is C35H46N4O3S. The number of piperidine rings is 1. The fraction of sp³-hybridized carbons (Fsp3) is 0.457. The van der Waals surface area contributed by atoms with Gasteiger partial charge in [-0.05, 0) is 67.6 Å². The van der Waals surface area contributed by atoms with Gasteiger partial charge in [-0.25, -0.2) is 17.9 Å². The van der Waals surface area contributed by atoms with Crippen LogP contribution in [-0.4, -0.2) is 62.5 Å². The van der Waals surface area contributed by atoms with Crippen LogP contribution >= 0.6 is 0 Å². The summed E-state index contributed by atoms with van der Waals surface area (Å²) in [6, 6.07) is 20.8. The lowest BCUT2D eigenvalue weighted by atomic mass is 9.88. The van der Waals surface area contributed by atoms with E-state index >= 15 is 0 Å². The molecule has 2 aromatic carbocycles. The van der Waals surface area contributed by atoms with E-state index in [4.69, 9.17) is 0 Å². The van der Waals surface area contributed by atoms with Gasteiger partial charge >= 0.3 is 6.03 Å². The number of likely N-dealkylation sites (tertiary alicyclic amines) is 1. The smallest absolute Gasteiger partial charge is 0.317 e. The molecule has 8 heteroatoms. The third-order valence-corrected chi connectivity index (χ3v) is 10.6. The average Bonchev–Trinajstić information content (AvgIpc) is 3.21. The zero-order chi connectivity index (χ0) is 30.1. The van der Waals surface area contributed by atoms with Gasteiger partial charge in [0.15, 0.2) is 0 Å². The third-order valence-electron chi connectivity index (χ3n) is 9.02. The second-order valence-electron chi connectivity index (χ2n) is 12.1. The van der Waals surface area contributed by atoms with Crippen molar-refractivity contribution in [3.8, 4) is 0 Å². The average molecular weight is 603 g/mol. The molecule has 0 aromatic heterocycles. The van der Waals surface area contributed by atoms with Gasteiger partial charge in [-0.3, -0.25) is 0 Å². The lowest BCUT2D eigenvalue weighted by molar-refractivity contribution is 0.109. The summed E-state index contributed by atoms with van der Waals surface area (Å²) in [5.41, 5.74) is 2.39. The zero-order valence-electron chi connectivity index (χ0n) is 25.3. The molecule has 2 amide bonds. The maximum Gasteiger partial charge on any atom is 0.317 e. The molecule has 1 heterocycles. The summed E-state index contributed by atoms with van der Waals surface area (Å²) in [6.07, 6.45) is 14.2. The van der Waals surface area contributed by atoms with E-state index in [1.54, 1.807) is 18.2 Å². The monoisotopic (exact) mass is 602 g/mol. The van der Waals surface area contributed by atoms with Crippen molar-refractivity contribution in [2.24, 2.45) is 5.92 Å². The number of nitrogens with one attached hydrogen (secondary N) is 2. The van der Waals surface area contributed by atoms with Crippen LogP contribution in [0, 0.1) is 5.92 Å². The van der Waals surface area contributed by atoms with Crippen LogP contribution < -0.4 is 10.0 Å². The Bertz CT molecular complexity index is 1380. The van der Waals surface area contributed by atoms with E-state index in [9.17, 15) is 13.2 Å². The minimum absolute atomic E-state index is 0.0219. The Hall–Kier alpha value is -3.20. The van der Waals surface area contributed by atoms with E-state index in [2.05, 4.69) is 46.1 Å². The van der Waals surface area contributed by atoms with E-state index < -0.39 is 10.0 Å².